The Morgan fingerprint density at radius 3 is 0.969 bits per heavy atom. The molecular weight excluding hydrogens is 1260 g/mol. The third kappa shape index (κ3) is 68.3. The summed E-state index contributed by atoms with van der Waals surface area (Å²) >= 11 is 0. The lowest BCUT2D eigenvalue weighted by atomic mass is 10.0. The fourth-order valence-corrected chi connectivity index (χ4v) is 11.2. The number of allylic oxidation sites excluding steroid dienone is 17. The van der Waals surface area contributed by atoms with Crippen LogP contribution in [0.5, 0.6) is 0 Å². The van der Waals surface area contributed by atoms with Crippen LogP contribution in [0.15, 0.2) is 109 Å². The van der Waals surface area contributed by atoms with E-state index < -0.39 is 97.5 Å². The van der Waals surface area contributed by atoms with Crippen LogP contribution in [0.25, 0.3) is 0 Å². The smallest absolute Gasteiger partial charge is 0.462 e. The van der Waals surface area contributed by atoms with Gasteiger partial charge < -0.3 is 33.8 Å². The first-order valence-electron chi connectivity index (χ1n) is 37.1. The Balaban J connectivity index is 5.37. The number of ether oxygens (including phenoxy) is 4. The predicted molar refractivity (Wildman–Crippen MR) is 390 cm³/mol. The van der Waals surface area contributed by atoms with E-state index >= 15 is 0 Å². The highest BCUT2D eigenvalue weighted by Gasteiger charge is 2.30. The summed E-state index contributed by atoms with van der Waals surface area (Å²) in [4.78, 5) is 72.6. The summed E-state index contributed by atoms with van der Waals surface area (Å²) in [5.74, 6) is -2.34. The maximum absolute atomic E-state index is 13.0. The van der Waals surface area contributed by atoms with Crippen molar-refractivity contribution in [2.75, 3.05) is 39.6 Å². The van der Waals surface area contributed by atoms with E-state index in [1.54, 1.807) is 6.08 Å². The summed E-state index contributed by atoms with van der Waals surface area (Å²) < 4.78 is 68.2. The zero-order valence-corrected chi connectivity index (χ0v) is 61.8. The van der Waals surface area contributed by atoms with Gasteiger partial charge in [0.05, 0.1) is 32.8 Å². The van der Waals surface area contributed by atoms with Gasteiger partial charge in [-0.15, -0.1) is 0 Å². The van der Waals surface area contributed by atoms with Gasteiger partial charge in [-0.25, -0.2) is 9.13 Å². The van der Waals surface area contributed by atoms with Gasteiger partial charge in [0.25, 0.3) is 0 Å². The van der Waals surface area contributed by atoms with E-state index in [9.17, 15) is 43.2 Å². The lowest BCUT2D eigenvalue weighted by Crippen LogP contribution is -2.30. The molecule has 0 saturated heterocycles. The van der Waals surface area contributed by atoms with Crippen molar-refractivity contribution < 1.29 is 80.2 Å². The highest BCUT2D eigenvalue weighted by Crippen LogP contribution is 2.45. The SMILES string of the molecule is CC/C=C\C/C=C\C/C=C\C/C=C\C/C=C\CC(=O)OCC(COP(=O)(O)OCC(O)COP(=O)(O)OCC(COC(=O)CCCCCCCCC/C=C\C/C=C\C/C=C\CC)OC(=O)CCCCCCC/C=C\CCCC)OC(=O)CCCCCCCCCCCCCCC. The van der Waals surface area contributed by atoms with Crippen molar-refractivity contribution in [3.05, 3.63) is 109 Å². The maximum Gasteiger partial charge on any atom is 0.472 e. The highest BCUT2D eigenvalue weighted by molar-refractivity contribution is 7.47. The van der Waals surface area contributed by atoms with Crippen molar-refractivity contribution in [2.45, 2.75) is 316 Å². The first-order chi connectivity index (χ1) is 46.7. The fourth-order valence-electron chi connectivity index (χ4n) is 9.64. The van der Waals surface area contributed by atoms with Gasteiger partial charge in [-0.05, 0) is 103 Å². The average Bonchev–Trinajstić information content (AvgIpc) is 1.84. The molecule has 5 unspecified atom stereocenters. The summed E-state index contributed by atoms with van der Waals surface area (Å²) in [5.41, 5.74) is 0. The molecule has 0 aliphatic heterocycles. The van der Waals surface area contributed by atoms with E-state index in [4.69, 9.17) is 37.0 Å². The number of carbonyl (C=O) groups excluding carboxylic acids is 4. The molecule has 0 aliphatic rings. The molecule has 0 radical (unpaired) electrons. The molecule has 0 aromatic rings. The van der Waals surface area contributed by atoms with Crippen molar-refractivity contribution >= 4 is 39.5 Å². The molecule has 0 heterocycles. The number of phosphoric ester groups is 2. The molecule has 0 bridgehead atoms. The number of unbranched alkanes of at least 4 members (excludes halogenated alkanes) is 26. The number of rotatable bonds is 69. The van der Waals surface area contributed by atoms with Gasteiger partial charge in [0.1, 0.15) is 19.3 Å². The molecule has 0 rings (SSSR count). The van der Waals surface area contributed by atoms with Gasteiger partial charge >= 0.3 is 39.5 Å². The third-order valence-corrected chi connectivity index (χ3v) is 17.2. The fraction of sp³-hybridized carbons (Fsp3) is 0.714. The van der Waals surface area contributed by atoms with Gasteiger partial charge in [-0.1, -0.05) is 278 Å². The first kappa shape index (κ1) is 91.7. The molecule has 0 aromatic heterocycles. The van der Waals surface area contributed by atoms with Gasteiger partial charge in [-0.3, -0.25) is 37.3 Å². The van der Waals surface area contributed by atoms with Crippen molar-refractivity contribution in [1.29, 1.82) is 0 Å². The van der Waals surface area contributed by atoms with Crippen LogP contribution in [0.4, 0.5) is 0 Å². The van der Waals surface area contributed by atoms with Gasteiger partial charge in [-0.2, -0.15) is 0 Å². The second-order valence-corrected chi connectivity index (χ2v) is 27.4. The van der Waals surface area contributed by atoms with E-state index in [1.165, 1.54) is 64.2 Å². The van der Waals surface area contributed by atoms with Gasteiger partial charge in [0.2, 0.25) is 0 Å². The van der Waals surface area contributed by atoms with Crippen LogP contribution in [-0.2, 0) is 65.4 Å². The molecule has 17 nitrogen and oxygen atoms in total. The summed E-state index contributed by atoms with van der Waals surface area (Å²) in [6.07, 6.45) is 72.6. The third-order valence-electron chi connectivity index (χ3n) is 15.3. The van der Waals surface area contributed by atoms with Crippen molar-refractivity contribution in [3.8, 4) is 0 Å². The molecule has 0 aromatic carbocycles. The molecule has 96 heavy (non-hydrogen) atoms. The van der Waals surface area contributed by atoms with Crippen molar-refractivity contribution in [1.82, 2.24) is 0 Å². The van der Waals surface area contributed by atoms with Gasteiger partial charge in [0.15, 0.2) is 12.2 Å². The molecule has 3 N–H and O–H groups in total. The normalized spacial score (nSPS) is 14.6. The molecule has 552 valence electrons. The average molecular weight is 1390 g/mol. The topological polar surface area (TPSA) is 237 Å². The Morgan fingerprint density at radius 2 is 0.594 bits per heavy atom. The number of carbonyl (C=O) groups is 4. The Kier molecular flexibility index (Phi) is 66.1. The van der Waals surface area contributed by atoms with E-state index in [0.29, 0.717) is 25.7 Å². The molecule has 5 atom stereocenters. The van der Waals surface area contributed by atoms with Gasteiger partial charge in [0, 0.05) is 19.3 Å². The van der Waals surface area contributed by atoms with E-state index in [0.717, 1.165) is 154 Å². The quantitative estimate of drug-likeness (QED) is 0.0169. The largest absolute Gasteiger partial charge is 0.472 e. The zero-order valence-electron chi connectivity index (χ0n) is 60.0. The Labute approximate surface area is 581 Å². The van der Waals surface area contributed by atoms with Crippen molar-refractivity contribution in [2.24, 2.45) is 0 Å². The molecule has 0 fully saturated rings. The maximum atomic E-state index is 13.0. The van der Waals surface area contributed by atoms with Crippen LogP contribution >= 0.6 is 15.6 Å². The van der Waals surface area contributed by atoms with E-state index in [2.05, 4.69) is 113 Å². The lowest BCUT2D eigenvalue weighted by molar-refractivity contribution is -0.161. The monoisotopic (exact) mass is 1390 g/mol. The highest BCUT2D eigenvalue weighted by atomic mass is 31.2. The molecule has 0 saturated carbocycles. The van der Waals surface area contributed by atoms with Crippen LogP contribution in [0, 0.1) is 0 Å². The number of aliphatic hydroxyl groups excluding tert-OH is 1. The summed E-state index contributed by atoms with van der Waals surface area (Å²) in [5, 5.41) is 10.6. The minimum atomic E-state index is -4.99. The summed E-state index contributed by atoms with van der Waals surface area (Å²) in [7, 11) is -9.97. The van der Waals surface area contributed by atoms with Crippen LogP contribution in [0.2, 0.25) is 0 Å². The molecule has 0 spiro atoms. The second kappa shape index (κ2) is 69.2. The number of hydrogen-bond donors (Lipinski definition) is 3. The Hall–Kier alpha value is -4.28. The molecule has 0 amide bonds. The number of esters is 4. The second-order valence-electron chi connectivity index (χ2n) is 24.5. The van der Waals surface area contributed by atoms with Crippen LogP contribution in [-0.4, -0.2) is 96.7 Å². The minimum Gasteiger partial charge on any atom is -0.462 e. The van der Waals surface area contributed by atoms with E-state index in [-0.39, 0.29) is 25.7 Å². The Morgan fingerprint density at radius 1 is 0.312 bits per heavy atom. The van der Waals surface area contributed by atoms with Crippen LogP contribution in [0.1, 0.15) is 297 Å². The zero-order chi connectivity index (χ0) is 70.4. The lowest BCUT2D eigenvalue weighted by Gasteiger charge is -2.21. The predicted octanol–water partition coefficient (Wildman–Crippen LogP) is 21.0. The molecule has 0 aliphatic carbocycles. The minimum absolute atomic E-state index is 0.0695. The van der Waals surface area contributed by atoms with Crippen LogP contribution in [0.3, 0.4) is 0 Å². The van der Waals surface area contributed by atoms with Crippen LogP contribution < -0.4 is 0 Å². The summed E-state index contributed by atoms with van der Waals surface area (Å²) in [6.45, 7) is 4.48. The number of hydrogen-bond acceptors (Lipinski definition) is 15. The molecule has 19 heteroatoms. The standard InChI is InChI=1S/C77H132O17P2/c1-5-9-13-17-21-25-29-32-34-35-37-40-43-46-50-54-58-62-75(80)87-67-72(93-76(81)63-59-55-51-47-41-28-24-20-16-12-8-4)69-91-95(83,84)89-65-71(78)66-90-96(85,86)92-70-73(94-77(82)64-60-56-52-48-44-38-31-27-23-19-15-11-7-3)68-88-74(79)61-57-53-49-45-42-39-36-33-30-26-22-18-14-10-6-2/h9-10,13-14,20-22,24-26,32-34,36,42,45,53,57,71-73,78H,5-8,11-12,15-19,23,27-31,35,37-41,43-44,46-52,54-56,58-70H2,1-4H3,(H,83,84)(H,85,86)/b13-9-,14-10-,24-20-,25-21-,26-22-,34-32-,36-33-,45-42-,57-53-. The molecular formula is C77H132O17P2. The summed E-state index contributed by atoms with van der Waals surface area (Å²) in [6, 6.07) is 0. The van der Waals surface area contributed by atoms with E-state index in [1.807, 2.05) is 18.2 Å². The van der Waals surface area contributed by atoms with Crippen molar-refractivity contribution in [3.63, 3.8) is 0 Å². The number of aliphatic hydroxyl groups is 1. The number of phosphoric acid groups is 2. The Bertz CT molecular complexity index is 2250. The first-order valence-corrected chi connectivity index (χ1v) is 40.1.